The van der Waals surface area contributed by atoms with Crippen molar-refractivity contribution in [1.29, 1.82) is 5.26 Å². The quantitative estimate of drug-likeness (QED) is 0.851. The Kier molecular flexibility index (Phi) is 4.27. The number of nitriles is 1. The van der Waals surface area contributed by atoms with Crippen molar-refractivity contribution in [2.75, 3.05) is 7.11 Å². The van der Waals surface area contributed by atoms with Gasteiger partial charge in [-0.25, -0.2) is 0 Å². The maximum absolute atomic E-state index is 9.14. The number of hydrogen-bond acceptors (Lipinski definition) is 3. The smallest absolute Gasteiger partial charge is 0.141 e. The third-order valence-corrected chi connectivity index (χ3v) is 2.84. The van der Waals surface area contributed by atoms with E-state index in [0.717, 1.165) is 5.56 Å². The second kappa shape index (κ2) is 6.12. The molecule has 19 heavy (non-hydrogen) atoms. The first-order valence-corrected chi connectivity index (χ1v) is 6.06. The van der Waals surface area contributed by atoms with Crippen molar-refractivity contribution in [3.05, 3.63) is 58.6 Å². The molecular formula is C15H12ClNO2. The van der Waals surface area contributed by atoms with E-state index in [0.29, 0.717) is 28.7 Å². The zero-order valence-electron chi connectivity index (χ0n) is 10.4. The van der Waals surface area contributed by atoms with Crippen molar-refractivity contribution in [1.82, 2.24) is 0 Å². The largest absolute Gasteiger partial charge is 0.495 e. The van der Waals surface area contributed by atoms with E-state index in [1.165, 1.54) is 7.11 Å². The monoisotopic (exact) mass is 273 g/mol. The van der Waals surface area contributed by atoms with Gasteiger partial charge in [0.15, 0.2) is 0 Å². The highest BCUT2D eigenvalue weighted by Gasteiger charge is 2.09. The predicted octanol–water partition coefficient (Wildman–Crippen LogP) is 3.80. The van der Waals surface area contributed by atoms with E-state index in [-0.39, 0.29) is 0 Å². The fourth-order valence-electron chi connectivity index (χ4n) is 1.70. The number of benzene rings is 2. The summed E-state index contributed by atoms with van der Waals surface area (Å²) in [6.45, 7) is 0.350. The van der Waals surface area contributed by atoms with Crippen LogP contribution in [0, 0.1) is 11.3 Å². The summed E-state index contributed by atoms with van der Waals surface area (Å²) in [6.07, 6.45) is 0. The van der Waals surface area contributed by atoms with Crippen LogP contribution in [-0.4, -0.2) is 7.11 Å². The van der Waals surface area contributed by atoms with Gasteiger partial charge in [-0.3, -0.25) is 0 Å². The third kappa shape index (κ3) is 3.18. The summed E-state index contributed by atoms with van der Waals surface area (Å²) in [5.41, 5.74) is 1.34. The van der Waals surface area contributed by atoms with Gasteiger partial charge in [0.2, 0.25) is 0 Å². The average Bonchev–Trinajstić information content (AvgIpc) is 2.44. The van der Waals surface area contributed by atoms with Crippen LogP contribution in [0.2, 0.25) is 5.02 Å². The molecule has 2 aromatic rings. The molecule has 0 bridgehead atoms. The van der Waals surface area contributed by atoms with Crippen LogP contribution in [0.4, 0.5) is 0 Å². The number of ether oxygens (including phenoxy) is 2. The van der Waals surface area contributed by atoms with E-state index in [1.54, 1.807) is 24.3 Å². The van der Waals surface area contributed by atoms with Crippen LogP contribution in [-0.2, 0) is 6.61 Å². The molecule has 2 aromatic carbocycles. The van der Waals surface area contributed by atoms with Crippen LogP contribution in [0.15, 0.2) is 42.5 Å². The normalized spacial score (nSPS) is 9.74. The van der Waals surface area contributed by atoms with Crippen molar-refractivity contribution >= 4 is 11.6 Å². The Balaban J connectivity index is 2.18. The highest BCUT2D eigenvalue weighted by molar-refractivity contribution is 6.30. The lowest BCUT2D eigenvalue weighted by molar-refractivity contribution is 0.302. The zero-order chi connectivity index (χ0) is 13.7. The molecule has 0 N–H and O–H groups in total. The lowest BCUT2D eigenvalue weighted by Crippen LogP contribution is -1.98. The molecule has 0 atom stereocenters. The first-order chi connectivity index (χ1) is 9.24. The van der Waals surface area contributed by atoms with Crippen LogP contribution in [0.5, 0.6) is 11.5 Å². The summed E-state index contributed by atoms with van der Waals surface area (Å²) in [5, 5.41) is 9.80. The van der Waals surface area contributed by atoms with Gasteiger partial charge in [-0.1, -0.05) is 29.8 Å². The Hall–Kier alpha value is -2.18. The molecule has 96 valence electrons. The number of hydrogen-bond donors (Lipinski definition) is 0. The number of methoxy groups -OCH3 is 1. The van der Waals surface area contributed by atoms with Gasteiger partial charge in [0, 0.05) is 5.02 Å². The van der Waals surface area contributed by atoms with Crippen molar-refractivity contribution in [2.45, 2.75) is 6.61 Å². The van der Waals surface area contributed by atoms with Gasteiger partial charge in [-0.2, -0.15) is 5.26 Å². The Labute approximate surface area is 117 Å². The minimum absolute atomic E-state index is 0.350. The average molecular weight is 274 g/mol. The fraction of sp³-hybridized carbons (Fsp3) is 0.133. The van der Waals surface area contributed by atoms with E-state index >= 15 is 0 Å². The topological polar surface area (TPSA) is 42.2 Å². The van der Waals surface area contributed by atoms with Gasteiger partial charge in [0.25, 0.3) is 0 Å². The Morgan fingerprint density at radius 1 is 1.16 bits per heavy atom. The molecule has 0 aliphatic heterocycles. The summed E-state index contributed by atoms with van der Waals surface area (Å²) in [7, 11) is 1.52. The highest BCUT2D eigenvalue weighted by Crippen LogP contribution is 2.28. The van der Waals surface area contributed by atoms with E-state index in [4.69, 9.17) is 26.3 Å². The lowest BCUT2D eigenvalue weighted by atomic mass is 10.2. The molecular weight excluding hydrogens is 262 g/mol. The van der Waals surface area contributed by atoms with Gasteiger partial charge in [0.05, 0.1) is 7.11 Å². The summed E-state index contributed by atoms with van der Waals surface area (Å²) in [5.74, 6) is 1.01. The van der Waals surface area contributed by atoms with Crippen molar-refractivity contribution in [2.24, 2.45) is 0 Å². The van der Waals surface area contributed by atoms with Crippen molar-refractivity contribution in [3.8, 4) is 17.6 Å². The van der Waals surface area contributed by atoms with Crippen molar-refractivity contribution in [3.63, 3.8) is 0 Å². The highest BCUT2D eigenvalue weighted by atomic mass is 35.5. The number of rotatable bonds is 4. The SMILES string of the molecule is COc1cccc(OCc2cccc(Cl)c2)c1C#N. The first kappa shape index (κ1) is 13.3. The number of halogens is 1. The molecule has 0 amide bonds. The minimum Gasteiger partial charge on any atom is -0.495 e. The Morgan fingerprint density at radius 3 is 2.58 bits per heavy atom. The van der Waals surface area contributed by atoms with Crippen LogP contribution in [0.1, 0.15) is 11.1 Å². The minimum atomic E-state index is 0.350. The van der Waals surface area contributed by atoms with Crippen LogP contribution in [0.3, 0.4) is 0 Å². The Morgan fingerprint density at radius 2 is 1.89 bits per heavy atom. The zero-order valence-corrected chi connectivity index (χ0v) is 11.1. The van der Waals surface area contributed by atoms with Gasteiger partial charge in [-0.05, 0) is 29.8 Å². The molecule has 0 spiro atoms. The van der Waals surface area contributed by atoms with Crippen LogP contribution in [0.25, 0.3) is 0 Å². The Bertz CT molecular complexity index is 620. The second-order valence-electron chi connectivity index (χ2n) is 3.86. The van der Waals surface area contributed by atoms with Crippen LogP contribution >= 0.6 is 11.6 Å². The van der Waals surface area contributed by atoms with E-state index in [2.05, 4.69) is 6.07 Å². The summed E-state index contributed by atoms with van der Waals surface area (Å²) >= 11 is 5.90. The molecule has 0 radical (unpaired) electrons. The summed E-state index contributed by atoms with van der Waals surface area (Å²) < 4.78 is 10.8. The first-order valence-electron chi connectivity index (χ1n) is 5.69. The molecule has 2 rings (SSSR count). The maximum atomic E-state index is 9.14. The maximum Gasteiger partial charge on any atom is 0.141 e. The molecule has 0 saturated heterocycles. The van der Waals surface area contributed by atoms with E-state index in [1.807, 2.05) is 18.2 Å². The standard InChI is InChI=1S/C15H12ClNO2/c1-18-14-6-3-7-15(13(14)9-17)19-10-11-4-2-5-12(16)8-11/h2-8H,10H2,1H3. The van der Waals surface area contributed by atoms with E-state index in [9.17, 15) is 0 Å². The molecule has 0 aliphatic carbocycles. The summed E-state index contributed by atoms with van der Waals surface area (Å²) in [4.78, 5) is 0. The molecule has 0 saturated carbocycles. The number of nitrogens with zero attached hydrogens (tertiary/aromatic N) is 1. The van der Waals surface area contributed by atoms with Crippen molar-refractivity contribution < 1.29 is 9.47 Å². The van der Waals surface area contributed by atoms with Crippen LogP contribution < -0.4 is 9.47 Å². The van der Waals surface area contributed by atoms with Gasteiger partial charge >= 0.3 is 0 Å². The van der Waals surface area contributed by atoms with E-state index < -0.39 is 0 Å². The fourth-order valence-corrected chi connectivity index (χ4v) is 1.91. The second-order valence-corrected chi connectivity index (χ2v) is 4.30. The lowest BCUT2D eigenvalue weighted by Gasteiger charge is -2.10. The molecule has 4 heteroatoms. The molecule has 0 heterocycles. The third-order valence-electron chi connectivity index (χ3n) is 2.60. The predicted molar refractivity (Wildman–Crippen MR) is 73.5 cm³/mol. The molecule has 3 nitrogen and oxygen atoms in total. The van der Waals surface area contributed by atoms with Gasteiger partial charge in [0.1, 0.15) is 29.7 Å². The van der Waals surface area contributed by atoms with Gasteiger partial charge < -0.3 is 9.47 Å². The van der Waals surface area contributed by atoms with Gasteiger partial charge in [-0.15, -0.1) is 0 Å². The molecule has 0 fully saturated rings. The molecule has 0 unspecified atom stereocenters. The summed E-state index contributed by atoms with van der Waals surface area (Å²) in [6, 6.07) is 14.7. The molecule has 0 aliphatic rings. The molecule has 0 aromatic heterocycles.